The first-order chi connectivity index (χ1) is 10.2. The van der Waals surface area contributed by atoms with E-state index in [1.54, 1.807) is 25.4 Å². The van der Waals surface area contributed by atoms with Crippen LogP contribution in [-0.2, 0) is 11.2 Å². The van der Waals surface area contributed by atoms with Crippen LogP contribution in [0.3, 0.4) is 0 Å². The third-order valence-electron chi connectivity index (χ3n) is 3.26. The van der Waals surface area contributed by atoms with Gasteiger partial charge in [0.1, 0.15) is 17.4 Å². The highest BCUT2D eigenvalue weighted by atomic mass is 16.5. The summed E-state index contributed by atoms with van der Waals surface area (Å²) in [4.78, 5) is 15.8. The number of pyridine rings is 1. The molecular formula is C16H17NO4. The van der Waals surface area contributed by atoms with Gasteiger partial charge in [0.25, 0.3) is 0 Å². The number of hydrogen-bond donors (Lipinski definition) is 1. The number of carbonyl (C=O) groups is 1. The van der Waals surface area contributed by atoms with Crippen LogP contribution < -0.4 is 9.47 Å². The molecule has 0 bridgehead atoms. The third kappa shape index (κ3) is 3.31. The minimum Gasteiger partial charge on any atom is -0.496 e. The predicted molar refractivity (Wildman–Crippen MR) is 77.9 cm³/mol. The summed E-state index contributed by atoms with van der Waals surface area (Å²) in [6, 6.07) is 10.8. The monoisotopic (exact) mass is 287 g/mol. The van der Waals surface area contributed by atoms with Crippen LogP contribution in [0, 0.1) is 0 Å². The van der Waals surface area contributed by atoms with Crippen LogP contribution in [-0.4, -0.2) is 30.3 Å². The molecule has 1 atom stereocenters. The minimum absolute atomic E-state index is 0.284. The van der Waals surface area contributed by atoms with Crippen molar-refractivity contribution in [3.63, 3.8) is 0 Å². The van der Waals surface area contributed by atoms with E-state index in [1.807, 2.05) is 24.3 Å². The summed E-state index contributed by atoms with van der Waals surface area (Å²) in [7, 11) is 3.07. The average Bonchev–Trinajstić information content (AvgIpc) is 2.52. The van der Waals surface area contributed by atoms with E-state index in [2.05, 4.69) is 4.98 Å². The number of rotatable bonds is 6. The van der Waals surface area contributed by atoms with Crippen molar-refractivity contribution in [1.29, 1.82) is 0 Å². The number of aliphatic carboxylic acids is 1. The number of carboxylic acid groups (broad SMARTS) is 1. The first kappa shape index (κ1) is 14.8. The molecular weight excluding hydrogens is 270 g/mol. The van der Waals surface area contributed by atoms with Crippen molar-refractivity contribution in [1.82, 2.24) is 4.98 Å². The Morgan fingerprint density at radius 1 is 1.14 bits per heavy atom. The molecule has 110 valence electrons. The largest absolute Gasteiger partial charge is 0.496 e. The Bertz CT molecular complexity index is 627. The Morgan fingerprint density at radius 2 is 1.81 bits per heavy atom. The average molecular weight is 287 g/mol. The lowest BCUT2D eigenvalue weighted by molar-refractivity contribution is -0.138. The normalized spacial score (nSPS) is 11.7. The second-order valence-electron chi connectivity index (χ2n) is 4.50. The van der Waals surface area contributed by atoms with E-state index in [0.717, 1.165) is 5.56 Å². The Kier molecular flexibility index (Phi) is 4.77. The molecule has 2 rings (SSSR count). The highest BCUT2D eigenvalue weighted by Crippen LogP contribution is 2.30. The van der Waals surface area contributed by atoms with Gasteiger partial charge in [0, 0.05) is 6.20 Å². The van der Waals surface area contributed by atoms with E-state index >= 15 is 0 Å². The van der Waals surface area contributed by atoms with Crippen LogP contribution in [0.5, 0.6) is 11.5 Å². The van der Waals surface area contributed by atoms with Crippen LogP contribution in [0.25, 0.3) is 0 Å². The molecule has 0 saturated heterocycles. The van der Waals surface area contributed by atoms with E-state index in [1.165, 1.54) is 7.11 Å². The quantitative estimate of drug-likeness (QED) is 0.884. The third-order valence-corrected chi connectivity index (χ3v) is 3.26. The Labute approximate surface area is 123 Å². The minimum atomic E-state index is -0.946. The van der Waals surface area contributed by atoms with Crippen LogP contribution in [0.2, 0.25) is 0 Å². The van der Waals surface area contributed by atoms with Gasteiger partial charge in [0.05, 0.1) is 19.9 Å². The molecule has 1 heterocycles. The topological polar surface area (TPSA) is 68.7 Å². The molecule has 1 aromatic carbocycles. The zero-order valence-corrected chi connectivity index (χ0v) is 11.9. The summed E-state index contributed by atoms with van der Waals surface area (Å²) in [6.07, 6.45) is 1.85. The number of aromatic nitrogens is 1. The van der Waals surface area contributed by atoms with Gasteiger partial charge in [-0.05, 0) is 30.2 Å². The molecule has 1 unspecified atom stereocenters. The van der Waals surface area contributed by atoms with Crippen molar-refractivity contribution in [3.8, 4) is 11.5 Å². The van der Waals surface area contributed by atoms with E-state index in [9.17, 15) is 9.90 Å². The Hall–Kier alpha value is -2.56. The molecule has 0 aliphatic rings. The fourth-order valence-corrected chi connectivity index (χ4v) is 2.23. The van der Waals surface area contributed by atoms with Gasteiger partial charge < -0.3 is 14.6 Å². The number of hydrogen-bond acceptors (Lipinski definition) is 4. The molecule has 2 aromatic rings. The second-order valence-corrected chi connectivity index (χ2v) is 4.50. The molecule has 0 aliphatic heterocycles. The summed E-state index contributed by atoms with van der Waals surface area (Å²) in [5.41, 5.74) is 1.23. The van der Waals surface area contributed by atoms with Gasteiger partial charge in [-0.3, -0.25) is 9.78 Å². The lowest BCUT2D eigenvalue weighted by atomic mass is 9.94. The standard InChI is InChI=1S/C16H17NO4/c1-20-13-7-4-3-6-11(13)10-12(16(18)19)15-14(21-2)8-5-9-17-15/h3-9,12H,10H2,1-2H3,(H,18,19). The van der Waals surface area contributed by atoms with Crippen LogP contribution in [0.1, 0.15) is 17.2 Å². The van der Waals surface area contributed by atoms with Gasteiger partial charge in [-0.1, -0.05) is 18.2 Å². The first-order valence-corrected chi connectivity index (χ1v) is 6.51. The van der Waals surface area contributed by atoms with Crippen molar-refractivity contribution >= 4 is 5.97 Å². The number of nitrogens with zero attached hydrogens (tertiary/aromatic N) is 1. The molecule has 21 heavy (non-hydrogen) atoms. The molecule has 0 aliphatic carbocycles. The van der Waals surface area contributed by atoms with Gasteiger partial charge in [-0.2, -0.15) is 0 Å². The van der Waals surface area contributed by atoms with Crippen molar-refractivity contribution in [2.75, 3.05) is 14.2 Å². The second kappa shape index (κ2) is 6.74. The fourth-order valence-electron chi connectivity index (χ4n) is 2.23. The Balaban J connectivity index is 2.38. The van der Waals surface area contributed by atoms with Crippen LogP contribution >= 0.6 is 0 Å². The summed E-state index contributed by atoms with van der Waals surface area (Å²) in [5, 5.41) is 9.54. The summed E-state index contributed by atoms with van der Waals surface area (Å²) in [6.45, 7) is 0. The lowest BCUT2D eigenvalue weighted by Gasteiger charge is -2.16. The maximum atomic E-state index is 11.6. The highest BCUT2D eigenvalue weighted by molar-refractivity contribution is 5.77. The lowest BCUT2D eigenvalue weighted by Crippen LogP contribution is -2.17. The van der Waals surface area contributed by atoms with E-state index in [0.29, 0.717) is 17.2 Å². The zero-order chi connectivity index (χ0) is 15.2. The maximum Gasteiger partial charge on any atom is 0.313 e. The molecule has 0 amide bonds. The molecule has 1 aromatic heterocycles. The van der Waals surface area contributed by atoms with Crippen molar-refractivity contribution in [2.45, 2.75) is 12.3 Å². The zero-order valence-electron chi connectivity index (χ0n) is 11.9. The van der Waals surface area contributed by atoms with Crippen molar-refractivity contribution < 1.29 is 19.4 Å². The van der Waals surface area contributed by atoms with Gasteiger partial charge >= 0.3 is 5.97 Å². The summed E-state index contributed by atoms with van der Waals surface area (Å²) in [5.74, 6) is -0.603. The predicted octanol–water partition coefficient (Wildman–Crippen LogP) is 2.51. The van der Waals surface area contributed by atoms with Crippen molar-refractivity contribution in [3.05, 3.63) is 53.9 Å². The molecule has 0 fully saturated rings. The van der Waals surface area contributed by atoms with Gasteiger partial charge in [0.2, 0.25) is 0 Å². The van der Waals surface area contributed by atoms with Gasteiger partial charge in [0.15, 0.2) is 0 Å². The molecule has 5 nitrogen and oxygen atoms in total. The Morgan fingerprint density at radius 3 is 2.48 bits per heavy atom. The number of methoxy groups -OCH3 is 2. The maximum absolute atomic E-state index is 11.6. The number of carboxylic acids is 1. The van der Waals surface area contributed by atoms with Gasteiger partial charge in [-0.25, -0.2) is 0 Å². The smallest absolute Gasteiger partial charge is 0.313 e. The van der Waals surface area contributed by atoms with E-state index in [4.69, 9.17) is 9.47 Å². The number of para-hydroxylation sites is 1. The van der Waals surface area contributed by atoms with Gasteiger partial charge in [-0.15, -0.1) is 0 Å². The fraction of sp³-hybridized carbons (Fsp3) is 0.250. The number of benzene rings is 1. The SMILES string of the molecule is COc1ccccc1CC(C(=O)O)c1ncccc1OC. The molecule has 5 heteroatoms. The van der Waals surface area contributed by atoms with Crippen LogP contribution in [0.15, 0.2) is 42.6 Å². The molecule has 1 N–H and O–H groups in total. The molecule has 0 saturated carbocycles. The molecule has 0 radical (unpaired) electrons. The van der Waals surface area contributed by atoms with E-state index in [-0.39, 0.29) is 6.42 Å². The number of ether oxygens (including phenoxy) is 2. The van der Waals surface area contributed by atoms with Crippen molar-refractivity contribution in [2.24, 2.45) is 0 Å². The highest BCUT2D eigenvalue weighted by Gasteiger charge is 2.26. The summed E-state index contributed by atoms with van der Waals surface area (Å²) >= 11 is 0. The van der Waals surface area contributed by atoms with Crippen LogP contribution in [0.4, 0.5) is 0 Å². The van der Waals surface area contributed by atoms with E-state index < -0.39 is 11.9 Å². The molecule has 0 spiro atoms. The first-order valence-electron chi connectivity index (χ1n) is 6.51. The summed E-state index contributed by atoms with van der Waals surface area (Å²) < 4.78 is 10.5.